The first-order chi connectivity index (χ1) is 8.28. The van der Waals surface area contributed by atoms with Gasteiger partial charge in [-0.3, -0.25) is 4.79 Å². The van der Waals surface area contributed by atoms with E-state index in [1.54, 1.807) is 6.07 Å². The molecule has 88 valence electrons. The van der Waals surface area contributed by atoms with Crippen LogP contribution in [0.25, 0.3) is 0 Å². The molecule has 1 amide bonds. The molecule has 0 saturated heterocycles. The third-order valence-corrected chi connectivity index (χ3v) is 3.24. The van der Waals surface area contributed by atoms with Crippen LogP contribution in [0.2, 0.25) is 0 Å². The van der Waals surface area contributed by atoms with Crippen molar-refractivity contribution in [3.05, 3.63) is 35.4 Å². The van der Waals surface area contributed by atoms with E-state index in [0.29, 0.717) is 24.4 Å². The van der Waals surface area contributed by atoms with Crippen molar-refractivity contribution >= 4 is 5.91 Å². The SMILES string of the molecule is N#Cc1cccc(CNC(=O)CC2CCC2)c1. The first-order valence-electron chi connectivity index (χ1n) is 6.03. The van der Waals surface area contributed by atoms with Crippen molar-refractivity contribution in [2.24, 2.45) is 5.92 Å². The van der Waals surface area contributed by atoms with Gasteiger partial charge in [0.1, 0.15) is 0 Å². The summed E-state index contributed by atoms with van der Waals surface area (Å²) in [6.07, 6.45) is 4.30. The van der Waals surface area contributed by atoms with Gasteiger partial charge >= 0.3 is 0 Å². The van der Waals surface area contributed by atoms with E-state index in [0.717, 1.165) is 5.56 Å². The molecule has 0 aliphatic heterocycles. The van der Waals surface area contributed by atoms with Crippen molar-refractivity contribution in [2.45, 2.75) is 32.2 Å². The monoisotopic (exact) mass is 228 g/mol. The molecular formula is C14H16N2O. The average Bonchev–Trinajstić information content (AvgIpc) is 2.31. The predicted molar refractivity (Wildman–Crippen MR) is 65.0 cm³/mol. The molecule has 0 unspecified atom stereocenters. The zero-order valence-electron chi connectivity index (χ0n) is 9.78. The molecule has 0 radical (unpaired) electrons. The lowest BCUT2D eigenvalue weighted by molar-refractivity contribution is -0.122. The van der Waals surface area contributed by atoms with Crippen molar-refractivity contribution in [1.82, 2.24) is 5.32 Å². The fourth-order valence-corrected chi connectivity index (χ4v) is 1.98. The third-order valence-electron chi connectivity index (χ3n) is 3.24. The standard InChI is InChI=1S/C14H16N2O/c15-9-12-5-2-6-13(7-12)10-16-14(17)8-11-3-1-4-11/h2,5-7,11H,1,3-4,8,10H2,(H,16,17). The van der Waals surface area contributed by atoms with Crippen molar-refractivity contribution in [1.29, 1.82) is 5.26 Å². The van der Waals surface area contributed by atoms with Gasteiger partial charge < -0.3 is 5.32 Å². The van der Waals surface area contributed by atoms with Gasteiger partial charge in [-0.25, -0.2) is 0 Å². The summed E-state index contributed by atoms with van der Waals surface area (Å²) >= 11 is 0. The zero-order valence-corrected chi connectivity index (χ0v) is 9.78. The number of nitrogens with zero attached hydrogens (tertiary/aromatic N) is 1. The molecular weight excluding hydrogens is 212 g/mol. The highest BCUT2D eigenvalue weighted by Crippen LogP contribution is 2.29. The van der Waals surface area contributed by atoms with E-state index >= 15 is 0 Å². The van der Waals surface area contributed by atoms with Crippen molar-refractivity contribution in [3.8, 4) is 6.07 Å². The summed E-state index contributed by atoms with van der Waals surface area (Å²) < 4.78 is 0. The van der Waals surface area contributed by atoms with E-state index in [1.165, 1.54) is 19.3 Å². The number of carbonyl (C=O) groups is 1. The van der Waals surface area contributed by atoms with Crippen molar-refractivity contribution in [3.63, 3.8) is 0 Å². The Bertz CT molecular complexity index is 444. The fourth-order valence-electron chi connectivity index (χ4n) is 1.98. The third kappa shape index (κ3) is 3.32. The molecule has 3 nitrogen and oxygen atoms in total. The first kappa shape index (κ1) is 11.7. The van der Waals surface area contributed by atoms with Crippen molar-refractivity contribution in [2.75, 3.05) is 0 Å². The number of hydrogen-bond donors (Lipinski definition) is 1. The number of carbonyl (C=O) groups excluding carboxylic acids is 1. The number of hydrogen-bond acceptors (Lipinski definition) is 2. The molecule has 1 aliphatic rings. The number of benzene rings is 1. The molecule has 1 N–H and O–H groups in total. The van der Waals surface area contributed by atoms with Crippen LogP contribution in [0.3, 0.4) is 0 Å². The second-order valence-electron chi connectivity index (χ2n) is 4.59. The minimum absolute atomic E-state index is 0.122. The highest BCUT2D eigenvalue weighted by molar-refractivity contribution is 5.76. The Morgan fingerprint density at radius 1 is 1.47 bits per heavy atom. The molecule has 1 fully saturated rings. The van der Waals surface area contributed by atoms with E-state index in [9.17, 15) is 4.79 Å². The number of nitrogens with one attached hydrogen (secondary N) is 1. The lowest BCUT2D eigenvalue weighted by atomic mass is 9.83. The summed E-state index contributed by atoms with van der Waals surface area (Å²) in [5.74, 6) is 0.720. The second-order valence-corrected chi connectivity index (χ2v) is 4.59. The van der Waals surface area contributed by atoms with E-state index in [-0.39, 0.29) is 5.91 Å². The maximum Gasteiger partial charge on any atom is 0.220 e. The minimum atomic E-state index is 0.122. The summed E-state index contributed by atoms with van der Waals surface area (Å²) in [7, 11) is 0. The van der Waals surface area contributed by atoms with Crippen LogP contribution in [0.15, 0.2) is 24.3 Å². The zero-order chi connectivity index (χ0) is 12.1. The smallest absolute Gasteiger partial charge is 0.220 e. The van der Waals surface area contributed by atoms with Crippen LogP contribution in [0.5, 0.6) is 0 Å². The van der Waals surface area contributed by atoms with Crippen LogP contribution in [0, 0.1) is 17.2 Å². The van der Waals surface area contributed by atoms with Gasteiger partial charge in [-0.1, -0.05) is 18.6 Å². The van der Waals surface area contributed by atoms with E-state index in [2.05, 4.69) is 11.4 Å². The molecule has 0 heterocycles. The molecule has 3 heteroatoms. The largest absolute Gasteiger partial charge is 0.352 e. The van der Waals surface area contributed by atoms with Crippen LogP contribution in [0.4, 0.5) is 0 Å². The summed E-state index contributed by atoms with van der Waals surface area (Å²) in [4.78, 5) is 11.6. The Kier molecular flexibility index (Phi) is 3.77. The van der Waals surface area contributed by atoms with Gasteiger partial charge in [-0.05, 0) is 36.5 Å². The van der Waals surface area contributed by atoms with Gasteiger partial charge in [0.2, 0.25) is 5.91 Å². The van der Waals surface area contributed by atoms with Crippen LogP contribution < -0.4 is 5.32 Å². The van der Waals surface area contributed by atoms with Gasteiger partial charge in [0.05, 0.1) is 11.6 Å². The van der Waals surface area contributed by atoms with E-state index in [4.69, 9.17) is 5.26 Å². The molecule has 1 aromatic carbocycles. The Morgan fingerprint density at radius 3 is 2.94 bits per heavy atom. The average molecular weight is 228 g/mol. The van der Waals surface area contributed by atoms with Crippen LogP contribution in [0.1, 0.15) is 36.8 Å². The quantitative estimate of drug-likeness (QED) is 0.860. The highest BCUT2D eigenvalue weighted by atomic mass is 16.1. The molecule has 1 saturated carbocycles. The summed E-state index contributed by atoms with van der Waals surface area (Å²) in [6, 6.07) is 9.43. The van der Waals surface area contributed by atoms with Crippen LogP contribution >= 0.6 is 0 Å². The molecule has 0 bridgehead atoms. The summed E-state index contributed by atoms with van der Waals surface area (Å²) in [5, 5.41) is 11.7. The Morgan fingerprint density at radius 2 is 2.29 bits per heavy atom. The van der Waals surface area contributed by atoms with Crippen molar-refractivity contribution < 1.29 is 4.79 Å². The van der Waals surface area contributed by atoms with Gasteiger partial charge in [0, 0.05) is 13.0 Å². The molecule has 0 spiro atoms. The minimum Gasteiger partial charge on any atom is -0.352 e. The maximum absolute atomic E-state index is 11.6. The van der Waals surface area contributed by atoms with Crippen LogP contribution in [-0.2, 0) is 11.3 Å². The number of rotatable bonds is 4. The second kappa shape index (κ2) is 5.49. The Hall–Kier alpha value is -1.82. The van der Waals surface area contributed by atoms with Gasteiger partial charge in [0.15, 0.2) is 0 Å². The molecule has 0 aromatic heterocycles. The number of amides is 1. The van der Waals surface area contributed by atoms with Crippen LogP contribution in [-0.4, -0.2) is 5.91 Å². The van der Waals surface area contributed by atoms with Gasteiger partial charge in [-0.15, -0.1) is 0 Å². The van der Waals surface area contributed by atoms with E-state index < -0.39 is 0 Å². The molecule has 1 aliphatic carbocycles. The Balaban J connectivity index is 1.80. The molecule has 17 heavy (non-hydrogen) atoms. The topological polar surface area (TPSA) is 52.9 Å². The molecule has 0 atom stereocenters. The number of nitriles is 1. The lowest BCUT2D eigenvalue weighted by Gasteiger charge is -2.24. The van der Waals surface area contributed by atoms with E-state index in [1.807, 2.05) is 18.2 Å². The van der Waals surface area contributed by atoms with Gasteiger partial charge in [0.25, 0.3) is 0 Å². The highest BCUT2D eigenvalue weighted by Gasteiger charge is 2.20. The Labute approximate surface area is 101 Å². The lowest BCUT2D eigenvalue weighted by Crippen LogP contribution is -2.27. The molecule has 2 rings (SSSR count). The molecule has 1 aromatic rings. The maximum atomic E-state index is 11.6. The first-order valence-corrected chi connectivity index (χ1v) is 6.03. The predicted octanol–water partition coefficient (Wildman–Crippen LogP) is 2.36. The summed E-state index contributed by atoms with van der Waals surface area (Å²) in [5.41, 5.74) is 1.61. The normalized spacial score (nSPS) is 14.8. The van der Waals surface area contributed by atoms with Gasteiger partial charge in [-0.2, -0.15) is 5.26 Å². The summed E-state index contributed by atoms with van der Waals surface area (Å²) in [6.45, 7) is 0.515. The fraction of sp³-hybridized carbons (Fsp3) is 0.429.